The summed E-state index contributed by atoms with van der Waals surface area (Å²) in [7, 11) is 0. The molecule has 0 saturated carbocycles. The number of hydrogen-bond donors (Lipinski definition) is 2. The van der Waals surface area contributed by atoms with E-state index in [9.17, 15) is 4.79 Å². The molecule has 0 aliphatic carbocycles. The molecule has 1 aromatic rings. The molecule has 0 radical (unpaired) electrons. The van der Waals surface area contributed by atoms with Crippen molar-refractivity contribution in [2.45, 2.75) is 46.6 Å². The lowest BCUT2D eigenvalue weighted by molar-refractivity contribution is -0.121. The van der Waals surface area contributed by atoms with Gasteiger partial charge in [-0.15, -0.1) is 0 Å². The lowest BCUT2D eigenvalue weighted by atomic mass is 10.1. The Balaban J connectivity index is 2.52. The molecule has 0 saturated heterocycles. The van der Waals surface area contributed by atoms with Crippen LogP contribution in [0, 0.1) is 13.8 Å². The highest BCUT2D eigenvalue weighted by Gasteiger charge is 2.11. The lowest BCUT2D eigenvalue weighted by Crippen LogP contribution is -2.38. The molecule has 0 aliphatic heterocycles. The molecule has 3 heteroatoms. The second kappa shape index (κ2) is 7.04. The van der Waals surface area contributed by atoms with Crippen molar-refractivity contribution in [1.29, 1.82) is 0 Å². The average Bonchev–Trinajstić information content (AvgIpc) is 2.27. The van der Waals surface area contributed by atoms with E-state index < -0.39 is 0 Å². The van der Waals surface area contributed by atoms with Crippen molar-refractivity contribution < 1.29 is 4.79 Å². The van der Waals surface area contributed by atoms with Gasteiger partial charge in [0.2, 0.25) is 5.91 Å². The summed E-state index contributed by atoms with van der Waals surface area (Å²) >= 11 is 0. The first-order valence-corrected chi connectivity index (χ1v) is 6.65. The number of rotatable bonds is 6. The van der Waals surface area contributed by atoms with Gasteiger partial charge in [-0.3, -0.25) is 4.79 Å². The van der Waals surface area contributed by atoms with Crippen molar-refractivity contribution in [2.24, 2.45) is 0 Å². The zero-order valence-corrected chi connectivity index (χ0v) is 11.8. The van der Waals surface area contributed by atoms with E-state index in [0.29, 0.717) is 0 Å². The van der Waals surface area contributed by atoms with Gasteiger partial charge in [0, 0.05) is 12.2 Å². The van der Waals surface area contributed by atoms with Crippen LogP contribution in [-0.4, -0.2) is 18.5 Å². The van der Waals surface area contributed by atoms with Gasteiger partial charge in [0.1, 0.15) is 6.04 Å². The first-order chi connectivity index (χ1) is 8.52. The molecule has 0 aromatic heterocycles. The van der Waals surface area contributed by atoms with E-state index in [2.05, 4.69) is 49.6 Å². The third-order valence-electron chi connectivity index (χ3n) is 2.83. The molecular weight excluding hydrogens is 224 g/mol. The maximum atomic E-state index is 11.8. The Bertz CT molecular complexity index is 381. The Morgan fingerprint density at radius 1 is 1.22 bits per heavy atom. The molecule has 2 N–H and O–H groups in total. The van der Waals surface area contributed by atoms with Gasteiger partial charge in [0.05, 0.1) is 0 Å². The van der Waals surface area contributed by atoms with Crippen LogP contribution in [-0.2, 0) is 4.79 Å². The van der Waals surface area contributed by atoms with Crippen LogP contribution in [0.25, 0.3) is 0 Å². The Morgan fingerprint density at radius 2 is 1.83 bits per heavy atom. The van der Waals surface area contributed by atoms with Crippen LogP contribution in [0.2, 0.25) is 0 Å². The fourth-order valence-corrected chi connectivity index (χ4v) is 1.92. The zero-order chi connectivity index (χ0) is 13.5. The molecule has 1 atom stereocenters. The number of nitrogens with one attached hydrogen (secondary N) is 2. The van der Waals surface area contributed by atoms with Crippen LogP contribution in [0.1, 0.15) is 37.8 Å². The van der Waals surface area contributed by atoms with Gasteiger partial charge in [0.15, 0.2) is 0 Å². The number of amides is 1. The average molecular weight is 248 g/mol. The first-order valence-electron chi connectivity index (χ1n) is 6.65. The highest BCUT2D eigenvalue weighted by molar-refractivity contribution is 5.84. The summed E-state index contributed by atoms with van der Waals surface area (Å²) in [6.07, 6.45) is 2.13. The standard InChI is InChI=1S/C15H24N2O/c1-5-6-7-16-15(18)13(4)17-14-9-11(2)8-12(3)10-14/h8-10,13,17H,5-7H2,1-4H3,(H,16,18). The van der Waals surface area contributed by atoms with Crippen LogP contribution in [0.3, 0.4) is 0 Å². The van der Waals surface area contributed by atoms with E-state index in [4.69, 9.17) is 0 Å². The lowest BCUT2D eigenvalue weighted by Gasteiger charge is -2.16. The van der Waals surface area contributed by atoms with Gasteiger partial charge in [-0.1, -0.05) is 19.4 Å². The fourth-order valence-electron chi connectivity index (χ4n) is 1.92. The number of hydrogen-bond acceptors (Lipinski definition) is 2. The zero-order valence-electron chi connectivity index (χ0n) is 11.8. The topological polar surface area (TPSA) is 41.1 Å². The van der Waals surface area contributed by atoms with Gasteiger partial charge in [-0.2, -0.15) is 0 Å². The fraction of sp³-hybridized carbons (Fsp3) is 0.533. The molecular formula is C15H24N2O. The van der Waals surface area contributed by atoms with Crippen molar-refractivity contribution >= 4 is 11.6 Å². The van der Waals surface area contributed by atoms with Crippen LogP contribution in [0.4, 0.5) is 5.69 Å². The van der Waals surface area contributed by atoms with E-state index in [1.54, 1.807) is 0 Å². The molecule has 1 amide bonds. The van der Waals surface area contributed by atoms with E-state index in [1.165, 1.54) is 11.1 Å². The molecule has 1 aromatic carbocycles. The van der Waals surface area contributed by atoms with Crippen LogP contribution in [0.5, 0.6) is 0 Å². The summed E-state index contributed by atoms with van der Waals surface area (Å²) in [6, 6.07) is 6.03. The number of anilines is 1. The van der Waals surface area contributed by atoms with Crippen LogP contribution < -0.4 is 10.6 Å². The summed E-state index contributed by atoms with van der Waals surface area (Å²) < 4.78 is 0. The summed E-state index contributed by atoms with van der Waals surface area (Å²) in [4.78, 5) is 11.8. The maximum Gasteiger partial charge on any atom is 0.242 e. The number of carbonyl (C=O) groups is 1. The number of aryl methyl sites for hydroxylation is 2. The Morgan fingerprint density at radius 3 is 2.39 bits per heavy atom. The molecule has 18 heavy (non-hydrogen) atoms. The molecule has 100 valence electrons. The van der Waals surface area contributed by atoms with Gasteiger partial charge < -0.3 is 10.6 Å². The Labute approximate surface area is 110 Å². The third kappa shape index (κ3) is 4.78. The monoisotopic (exact) mass is 248 g/mol. The summed E-state index contributed by atoms with van der Waals surface area (Å²) in [5.41, 5.74) is 3.41. The van der Waals surface area contributed by atoms with Gasteiger partial charge in [-0.25, -0.2) is 0 Å². The molecule has 0 aliphatic rings. The predicted octanol–water partition coefficient (Wildman–Crippen LogP) is 3.02. The first kappa shape index (κ1) is 14.6. The van der Waals surface area contributed by atoms with Crippen molar-refractivity contribution in [3.8, 4) is 0 Å². The third-order valence-corrected chi connectivity index (χ3v) is 2.83. The maximum absolute atomic E-state index is 11.8. The largest absolute Gasteiger partial charge is 0.374 e. The molecule has 0 fully saturated rings. The quantitative estimate of drug-likeness (QED) is 0.760. The summed E-state index contributed by atoms with van der Waals surface area (Å²) in [5, 5.41) is 6.17. The Kier molecular flexibility index (Phi) is 5.69. The molecule has 1 unspecified atom stereocenters. The normalized spacial score (nSPS) is 12.0. The summed E-state index contributed by atoms with van der Waals surface area (Å²) in [6.45, 7) is 8.88. The SMILES string of the molecule is CCCCNC(=O)C(C)Nc1cc(C)cc(C)c1. The van der Waals surface area contributed by atoms with E-state index in [1.807, 2.05) is 6.92 Å². The van der Waals surface area contributed by atoms with Crippen LogP contribution >= 0.6 is 0 Å². The summed E-state index contributed by atoms with van der Waals surface area (Å²) in [5.74, 6) is 0.0580. The molecule has 0 spiro atoms. The number of benzene rings is 1. The minimum Gasteiger partial charge on any atom is -0.374 e. The van der Waals surface area contributed by atoms with Crippen molar-refractivity contribution in [1.82, 2.24) is 5.32 Å². The van der Waals surface area contributed by atoms with Crippen molar-refractivity contribution in [3.63, 3.8) is 0 Å². The van der Waals surface area contributed by atoms with Crippen molar-refractivity contribution in [2.75, 3.05) is 11.9 Å². The molecule has 0 bridgehead atoms. The molecule has 0 heterocycles. The van der Waals surface area contributed by atoms with E-state index >= 15 is 0 Å². The second-order valence-corrected chi connectivity index (χ2v) is 4.89. The number of unbranched alkanes of at least 4 members (excludes halogenated alkanes) is 1. The van der Waals surface area contributed by atoms with E-state index in [0.717, 1.165) is 25.1 Å². The number of carbonyl (C=O) groups excluding carboxylic acids is 1. The van der Waals surface area contributed by atoms with E-state index in [-0.39, 0.29) is 11.9 Å². The highest BCUT2D eigenvalue weighted by Crippen LogP contribution is 2.14. The molecule has 3 nitrogen and oxygen atoms in total. The second-order valence-electron chi connectivity index (χ2n) is 4.89. The smallest absolute Gasteiger partial charge is 0.242 e. The Hall–Kier alpha value is -1.51. The minimum atomic E-state index is -0.206. The van der Waals surface area contributed by atoms with Gasteiger partial charge in [0.25, 0.3) is 0 Å². The highest BCUT2D eigenvalue weighted by atomic mass is 16.2. The van der Waals surface area contributed by atoms with Crippen LogP contribution in [0.15, 0.2) is 18.2 Å². The van der Waals surface area contributed by atoms with Crippen molar-refractivity contribution in [3.05, 3.63) is 29.3 Å². The molecule has 1 rings (SSSR count). The minimum absolute atomic E-state index is 0.0580. The predicted molar refractivity (Wildman–Crippen MR) is 76.9 cm³/mol. The van der Waals surface area contributed by atoms with Gasteiger partial charge >= 0.3 is 0 Å². The van der Waals surface area contributed by atoms with Gasteiger partial charge in [-0.05, 0) is 50.5 Å².